The molecule has 2 bridgehead atoms. The summed E-state index contributed by atoms with van der Waals surface area (Å²) in [6, 6.07) is 6.36. The molecule has 4 aliphatic carbocycles. The Labute approximate surface area is 304 Å². The van der Waals surface area contributed by atoms with Crippen molar-refractivity contribution in [3.05, 3.63) is 41.5 Å². The van der Waals surface area contributed by atoms with Crippen molar-refractivity contribution in [1.82, 2.24) is 10.4 Å². The zero-order valence-electron chi connectivity index (χ0n) is 30.4. The van der Waals surface area contributed by atoms with Gasteiger partial charge in [-0.05, 0) is 89.2 Å². The summed E-state index contributed by atoms with van der Waals surface area (Å²) in [4.78, 5) is 48.2. The van der Waals surface area contributed by atoms with Crippen LogP contribution in [-0.2, 0) is 49.5 Å². The number of aliphatic hydroxyl groups excluding tert-OH is 1. The van der Waals surface area contributed by atoms with Crippen LogP contribution in [0.2, 0.25) is 0 Å². The summed E-state index contributed by atoms with van der Waals surface area (Å²) in [5.41, 5.74) is -0.0380. The van der Waals surface area contributed by atoms with Gasteiger partial charge in [0.2, 0.25) is 5.91 Å². The fraction of sp³-hybridized carbons (Fsp3) is 0.725. The molecule has 1 aromatic rings. The third-order valence-corrected chi connectivity index (χ3v) is 12.5. The van der Waals surface area contributed by atoms with E-state index in [0.717, 1.165) is 56.1 Å². The van der Waals surface area contributed by atoms with Gasteiger partial charge in [0.25, 0.3) is 0 Å². The molecule has 52 heavy (non-hydrogen) atoms. The van der Waals surface area contributed by atoms with Gasteiger partial charge < -0.3 is 34.1 Å². The number of carbonyl (C=O) groups is 3. The van der Waals surface area contributed by atoms with Crippen LogP contribution in [0.25, 0.3) is 6.08 Å². The summed E-state index contributed by atoms with van der Waals surface area (Å²) < 4.78 is 31.2. The lowest BCUT2D eigenvalue weighted by Gasteiger charge is -2.49. The minimum atomic E-state index is -1.37. The van der Waals surface area contributed by atoms with Gasteiger partial charge in [0, 0.05) is 24.7 Å². The van der Waals surface area contributed by atoms with Gasteiger partial charge in [0.1, 0.15) is 35.4 Å². The summed E-state index contributed by atoms with van der Waals surface area (Å²) in [6.45, 7) is 5.25. The van der Waals surface area contributed by atoms with Crippen LogP contribution in [0.1, 0.15) is 96.1 Å². The van der Waals surface area contributed by atoms with Crippen LogP contribution in [0.4, 0.5) is 0 Å². The second kappa shape index (κ2) is 12.9. The van der Waals surface area contributed by atoms with Crippen LogP contribution in [0.5, 0.6) is 0 Å². The number of carbonyl (C=O) groups excluding carboxylic acids is 3. The second-order valence-corrected chi connectivity index (χ2v) is 17.5. The molecule has 1 amide bonds. The molecule has 2 N–H and O–H groups in total. The Morgan fingerprint density at radius 1 is 1.06 bits per heavy atom. The van der Waals surface area contributed by atoms with E-state index in [1.54, 1.807) is 25.8 Å². The number of ether oxygens (including phenoxy) is 5. The van der Waals surface area contributed by atoms with Crippen LogP contribution in [0.3, 0.4) is 0 Å². The van der Waals surface area contributed by atoms with Crippen molar-refractivity contribution in [2.24, 2.45) is 23.2 Å². The smallest absolute Gasteiger partial charge is 0.327 e. The van der Waals surface area contributed by atoms with E-state index in [9.17, 15) is 19.5 Å². The molecule has 1 aromatic carbocycles. The third-order valence-electron chi connectivity index (χ3n) is 12.5. The number of hydrogen-bond donors (Lipinski definition) is 2. The number of aliphatic hydroxyl groups is 1. The average molecular weight is 721 g/mol. The summed E-state index contributed by atoms with van der Waals surface area (Å²) >= 11 is 0. The van der Waals surface area contributed by atoms with E-state index >= 15 is 0 Å². The predicted octanol–water partition coefficient (Wildman–Crippen LogP) is 3.97. The Hall–Kier alpha value is -2.87. The van der Waals surface area contributed by atoms with Gasteiger partial charge in [-0.3, -0.25) is 19.2 Å². The van der Waals surface area contributed by atoms with E-state index in [4.69, 9.17) is 28.5 Å². The van der Waals surface area contributed by atoms with Crippen molar-refractivity contribution in [2.75, 3.05) is 6.61 Å². The maximum absolute atomic E-state index is 14.8. The van der Waals surface area contributed by atoms with E-state index in [-0.39, 0.29) is 44.2 Å². The van der Waals surface area contributed by atoms with Crippen molar-refractivity contribution in [3.8, 4) is 0 Å². The first kappa shape index (κ1) is 34.9. The largest absolute Gasteiger partial charge is 0.460 e. The van der Waals surface area contributed by atoms with Crippen molar-refractivity contribution >= 4 is 23.9 Å². The lowest BCUT2D eigenvalue weighted by atomic mass is 9.62. The Morgan fingerprint density at radius 3 is 2.54 bits per heavy atom. The number of allylic oxidation sites excluding steroid dienone is 1. The topological polar surface area (TPSA) is 145 Å². The minimum absolute atomic E-state index is 0.0171. The number of epoxide rings is 1. The number of amides is 1. The Morgan fingerprint density at radius 2 is 1.83 bits per heavy atom. The number of nitrogens with zero attached hydrogens (tertiary/aromatic N) is 1. The van der Waals surface area contributed by atoms with Crippen molar-refractivity contribution in [1.29, 1.82) is 0 Å². The van der Waals surface area contributed by atoms with Crippen molar-refractivity contribution < 1.29 is 48.0 Å². The van der Waals surface area contributed by atoms with E-state index in [1.165, 1.54) is 0 Å². The molecule has 4 saturated carbocycles. The molecule has 10 atom stereocenters. The Bertz CT molecular complexity index is 1600. The van der Waals surface area contributed by atoms with Gasteiger partial charge in [-0.1, -0.05) is 36.4 Å². The molecule has 8 aliphatic rings. The molecule has 4 heterocycles. The number of hydroxylamine groups is 2. The molecule has 9 rings (SSSR count). The molecule has 8 fully saturated rings. The number of nitrogens with one attached hydrogen (secondary N) is 1. The first-order valence-corrected chi connectivity index (χ1v) is 19.5. The molecule has 0 aromatic heterocycles. The molecule has 0 spiro atoms. The second-order valence-electron chi connectivity index (χ2n) is 17.5. The van der Waals surface area contributed by atoms with Gasteiger partial charge in [-0.25, -0.2) is 0 Å². The van der Waals surface area contributed by atoms with Crippen LogP contribution in [0.15, 0.2) is 30.3 Å². The summed E-state index contributed by atoms with van der Waals surface area (Å²) in [5, 5.41) is 15.0. The fourth-order valence-electron chi connectivity index (χ4n) is 9.71. The first-order chi connectivity index (χ1) is 25.0. The van der Waals surface area contributed by atoms with Gasteiger partial charge in [0.15, 0.2) is 11.8 Å². The van der Waals surface area contributed by atoms with Crippen LogP contribution >= 0.6 is 0 Å². The van der Waals surface area contributed by atoms with Gasteiger partial charge in [-0.15, -0.1) is 0 Å². The zero-order chi connectivity index (χ0) is 36.0. The lowest BCUT2D eigenvalue weighted by Crippen LogP contribution is -2.70. The average Bonchev–Trinajstić information content (AvgIpc) is 4.00. The van der Waals surface area contributed by atoms with Gasteiger partial charge in [-0.2, -0.15) is 5.06 Å². The monoisotopic (exact) mass is 720 g/mol. The van der Waals surface area contributed by atoms with E-state index in [2.05, 4.69) is 29.6 Å². The zero-order valence-corrected chi connectivity index (χ0v) is 30.4. The number of fused-ring (bicyclic) bond motifs is 5. The summed E-state index contributed by atoms with van der Waals surface area (Å²) in [6.07, 6.45) is 10.4. The van der Waals surface area contributed by atoms with E-state index in [1.807, 2.05) is 12.1 Å². The Balaban J connectivity index is 0.988. The van der Waals surface area contributed by atoms with Gasteiger partial charge in [0.05, 0.1) is 31.4 Å². The molecule has 10 unspecified atom stereocenters. The minimum Gasteiger partial charge on any atom is -0.460 e. The molecule has 4 aliphatic heterocycles. The number of rotatable bonds is 12. The van der Waals surface area contributed by atoms with E-state index in [0.29, 0.717) is 18.1 Å². The summed E-state index contributed by atoms with van der Waals surface area (Å²) in [5.74, 6) is -1.08. The van der Waals surface area contributed by atoms with Crippen LogP contribution < -0.4 is 5.32 Å². The third kappa shape index (κ3) is 6.30. The molecule has 12 nitrogen and oxygen atoms in total. The van der Waals surface area contributed by atoms with Gasteiger partial charge >= 0.3 is 11.9 Å². The maximum Gasteiger partial charge on any atom is 0.327 e. The predicted molar refractivity (Wildman–Crippen MR) is 185 cm³/mol. The molecular formula is C40H52N2O10. The first-order valence-electron chi connectivity index (χ1n) is 19.5. The molecule has 0 radical (unpaired) electrons. The highest BCUT2D eigenvalue weighted by molar-refractivity contribution is 5.93. The Kier molecular flexibility index (Phi) is 8.63. The fourth-order valence-corrected chi connectivity index (χ4v) is 9.71. The highest BCUT2D eigenvalue weighted by atomic mass is 16.8. The molecular weight excluding hydrogens is 668 g/mol. The number of hydrogen-bond acceptors (Lipinski definition) is 11. The number of esters is 2. The standard InChI is InChI=1S/C40H52N2O10/c1-38(2,3)49-31(44)16-14-27(21-43)41-37(46)39-19-30-32-33(51-40(50-32,25-10-11-25)26-12-13-26)35(39)52-42(34(39)36(45)48-30)20-24-6-4-5-22(17-24)7-8-23-9-15-28-29(18-23)47-28/h4-8,17,23,25-30,32-35,43H,9-16,18-21H2,1-3H3,(H,41,46). The van der Waals surface area contributed by atoms with Crippen molar-refractivity contribution in [2.45, 2.75) is 152 Å². The highest BCUT2D eigenvalue weighted by Crippen LogP contribution is 2.63. The molecule has 4 saturated heterocycles. The van der Waals surface area contributed by atoms with Crippen molar-refractivity contribution in [3.63, 3.8) is 0 Å². The molecule has 12 heteroatoms. The highest BCUT2D eigenvalue weighted by Gasteiger charge is 2.78. The lowest BCUT2D eigenvalue weighted by molar-refractivity contribution is -0.235. The quantitative estimate of drug-likeness (QED) is 0.239. The normalized spacial score (nSPS) is 38.0. The van der Waals surface area contributed by atoms with Crippen LogP contribution in [-0.4, -0.2) is 94.7 Å². The molecule has 282 valence electrons. The maximum atomic E-state index is 14.8. The van der Waals surface area contributed by atoms with E-state index < -0.39 is 71.1 Å². The number of benzene rings is 1. The summed E-state index contributed by atoms with van der Waals surface area (Å²) in [7, 11) is 0. The van der Waals surface area contributed by atoms with Crippen LogP contribution in [0, 0.1) is 23.2 Å². The SMILES string of the molecule is CC(C)(C)OC(=O)CCC(CO)NC(=O)C12CC3OC(=O)C1N(Cc1cccc(C=CC4CCC5OC5C4)c1)OC2C1OC(C2CC2)(C2CC2)OC31.